The van der Waals surface area contributed by atoms with Crippen molar-refractivity contribution >= 4 is 23.1 Å². The number of nitrogens with one attached hydrogen (secondary N) is 1. The van der Waals surface area contributed by atoms with Crippen molar-refractivity contribution in [3.8, 4) is 40.7 Å². The number of terminal acetylenes is 1. The first-order valence-corrected chi connectivity index (χ1v) is 12.6. The van der Waals surface area contributed by atoms with Gasteiger partial charge in [0.1, 0.15) is 11.9 Å². The van der Waals surface area contributed by atoms with Gasteiger partial charge in [-0.25, -0.2) is 14.3 Å². The molecule has 0 aromatic carbocycles. The fraction of sp³-hybridized carbons (Fsp3) is 0.172. The monoisotopic (exact) mass is 528 g/mol. The van der Waals surface area contributed by atoms with Crippen LogP contribution in [0.5, 0.6) is 0 Å². The molecule has 0 radical (unpaired) electrons. The lowest BCUT2D eigenvalue weighted by Gasteiger charge is -2.35. The summed E-state index contributed by atoms with van der Waals surface area (Å²) >= 11 is 0. The molecule has 0 unspecified atom stereocenters. The summed E-state index contributed by atoms with van der Waals surface area (Å²) in [5, 5.41) is 21.2. The van der Waals surface area contributed by atoms with Gasteiger partial charge in [-0.3, -0.25) is 9.67 Å². The zero-order valence-corrected chi connectivity index (χ0v) is 21.7. The number of carbonyl (C=O) groups excluding carboxylic acids is 1. The molecule has 40 heavy (non-hydrogen) atoms. The van der Waals surface area contributed by atoms with Crippen LogP contribution >= 0.6 is 0 Å². The summed E-state index contributed by atoms with van der Waals surface area (Å²) in [6.07, 6.45) is 17.6. The van der Waals surface area contributed by atoms with Crippen molar-refractivity contribution in [1.29, 1.82) is 5.26 Å². The van der Waals surface area contributed by atoms with Crippen LogP contribution < -0.4 is 10.2 Å². The second kappa shape index (κ2) is 10.2. The minimum Gasteiger partial charge on any atom is -0.353 e. The lowest BCUT2D eigenvalue weighted by molar-refractivity contribution is 0.208. The molecule has 6 rings (SSSR count). The number of carbonyl (C=O) groups is 1. The molecule has 11 nitrogen and oxygen atoms in total. The summed E-state index contributed by atoms with van der Waals surface area (Å²) < 4.78 is 3.48. The third-order valence-electron chi connectivity index (χ3n) is 6.88. The van der Waals surface area contributed by atoms with Crippen LogP contribution in [0.1, 0.15) is 11.1 Å². The molecule has 6 heterocycles. The van der Waals surface area contributed by atoms with Crippen LogP contribution in [0.25, 0.3) is 27.8 Å². The van der Waals surface area contributed by atoms with Crippen LogP contribution in [0.2, 0.25) is 0 Å². The van der Waals surface area contributed by atoms with E-state index in [2.05, 4.69) is 37.4 Å². The van der Waals surface area contributed by atoms with Crippen molar-refractivity contribution in [2.75, 3.05) is 36.4 Å². The van der Waals surface area contributed by atoms with E-state index in [0.717, 1.165) is 33.6 Å². The van der Waals surface area contributed by atoms with E-state index >= 15 is 0 Å². The topological polar surface area (TPSA) is 120 Å². The number of amides is 2. The molecule has 11 heteroatoms. The van der Waals surface area contributed by atoms with Gasteiger partial charge in [0, 0.05) is 85.8 Å². The van der Waals surface area contributed by atoms with E-state index in [4.69, 9.17) is 11.4 Å². The third-order valence-corrected chi connectivity index (χ3v) is 6.88. The van der Waals surface area contributed by atoms with Gasteiger partial charge in [0.15, 0.2) is 0 Å². The number of nitriles is 1. The van der Waals surface area contributed by atoms with Crippen molar-refractivity contribution in [3.05, 3.63) is 78.8 Å². The van der Waals surface area contributed by atoms with Gasteiger partial charge in [0.2, 0.25) is 0 Å². The number of urea groups is 1. The molecule has 0 bridgehead atoms. The van der Waals surface area contributed by atoms with Crippen LogP contribution in [0, 0.1) is 23.7 Å². The molecule has 5 aromatic heterocycles. The van der Waals surface area contributed by atoms with Crippen LogP contribution in [-0.2, 0) is 7.05 Å². The smallest absolute Gasteiger partial charge is 0.322 e. The Morgan fingerprint density at radius 3 is 2.52 bits per heavy atom. The molecule has 0 spiro atoms. The highest BCUT2D eigenvalue weighted by Gasteiger charge is 2.22. The quantitative estimate of drug-likeness (QED) is 0.355. The number of piperazine rings is 1. The molecule has 196 valence electrons. The number of fused-ring (bicyclic) bond motifs is 1. The number of nitrogens with zero attached hydrogens (tertiary/aromatic N) is 9. The van der Waals surface area contributed by atoms with Crippen molar-refractivity contribution in [2.45, 2.75) is 0 Å². The molecule has 2 amide bonds. The number of aryl methyl sites for hydroxylation is 1. The molecule has 0 aliphatic carbocycles. The van der Waals surface area contributed by atoms with Crippen LogP contribution in [0.4, 0.5) is 16.3 Å². The molecule has 1 saturated heterocycles. The minimum atomic E-state index is -0.189. The van der Waals surface area contributed by atoms with Gasteiger partial charge in [-0.1, -0.05) is 5.92 Å². The zero-order chi connectivity index (χ0) is 27.6. The third kappa shape index (κ3) is 4.68. The molecule has 1 aliphatic heterocycles. The van der Waals surface area contributed by atoms with Gasteiger partial charge in [0.25, 0.3) is 0 Å². The summed E-state index contributed by atoms with van der Waals surface area (Å²) in [6.45, 7) is 2.38. The fourth-order valence-corrected chi connectivity index (χ4v) is 4.81. The van der Waals surface area contributed by atoms with Crippen molar-refractivity contribution in [1.82, 2.24) is 34.3 Å². The number of hydrogen-bond donors (Lipinski definition) is 1. The standard InChI is InChI=1S/C29H24N10O/c1-3-20-10-25(17-31-13-20)35-29(40)38-8-6-37(7-9-38)27-5-4-21(14-32-27)26-11-22(24-16-33-36(2)18-24)19-39-28(26)23(12-30)15-34-39/h1,4-5,10-11,13-19H,6-9H2,2H3,(H,35,40). The van der Waals surface area contributed by atoms with Crippen molar-refractivity contribution in [3.63, 3.8) is 0 Å². The molecule has 1 fully saturated rings. The van der Waals surface area contributed by atoms with E-state index in [0.29, 0.717) is 43.0 Å². The summed E-state index contributed by atoms with van der Waals surface area (Å²) in [7, 11) is 1.87. The first kappa shape index (κ1) is 24.6. The van der Waals surface area contributed by atoms with Crippen molar-refractivity contribution in [2.24, 2.45) is 7.05 Å². The summed E-state index contributed by atoms with van der Waals surface area (Å²) in [6, 6.07) is 9.78. The Kier molecular flexibility index (Phi) is 6.30. The summed E-state index contributed by atoms with van der Waals surface area (Å²) in [4.78, 5) is 25.5. The summed E-state index contributed by atoms with van der Waals surface area (Å²) in [5.74, 6) is 3.34. The Morgan fingerprint density at radius 2 is 1.82 bits per heavy atom. The van der Waals surface area contributed by atoms with Gasteiger partial charge in [-0.2, -0.15) is 15.5 Å². The van der Waals surface area contributed by atoms with Gasteiger partial charge in [-0.15, -0.1) is 6.42 Å². The second-order valence-electron chi connectivity index (χ2n) is 9.42. The summed E-state index contributed by atoms with van der Waals surface area (Å²) in [5.41, 5.74) is 6.02. The van der Waals surface area contributed by atoms with Crippen LogP contribution in [0.15, 0.2) is 67.6 Å². The normalized spacial score (nSPS) is 13.2. The maximum Gasteiger partial charge on any atom is 0.322 e. The highest BCUT2D eigenvalue weighted by atomic mass is 16.2. The van der Waals surface area contributed by atoms with Gasteiger partial charge in [-0.05, 0) is 24.3 Å². The molecule has 0 atom stereocenters. The highest BCUT2D eigenvalue weighted by molar-refractivity contribution is 5.90. The number of hydrogen-bond acceptors (Lipinski definition) is 7. The Morgan fingerprint density at radius 1 is 0.975 bits per heavy atom. The predicted molar refractivity (Wildman–Crippen MR) is 150 cm³/mol. The maximum atomic E-state index is 12.7. The van der Waals surface area contributed by atoms with Gasteiger partial charge in [0.05, 0.1) is 35.4 Å². The average Bonchev–Trinajstić information content (AvgIpc) is 3.63. The Hall–Kier alpha value is -5.68. The molecule has 1 aliphatic rings. The van der Waals surface area contributed by atoms with Crippen LogP contribution in [-0.4, -0.2) is 66.5 Å². The SMILES string of the molecule is C#Cc1cncc(NC(=O)N2CCN(c3ccc(-c4cc(-c5cnn(C)c5)cn5ncc(C#N)c45)cn3)CC2)c1. The van der Waals surface area contributed by atoms with E-state index in [-0.39, 0.29) is 6.03 Å². The van der Waals surface area contributed by atoms with E-state index in [1.165, 1.54) is 0 Å². The van der Waals surface area contributed by atoms with E-state index < -0.39 is 0 Å². The van der Waals surface area contributed by atoms with E-state index in [1.807, 2.05) is 43.8 Å². The largest absolute Gasteiger partial charge is 0.353 e. The Bertz CT molecular complexity index is 1800. The van der Waals surface area contributed by atoms with E-state index in [1.54, 1.807) is 45.0 Å². The molecular formula is C29H24N10O. The Labute approximate surface area is 230 Å². The predicted octanol–water partition coefficient (Wildman–Crippen LogP) is 3.40. The molecule has 0 saturated carbocycles. The van der Waals surface area contributed by atoms with E-state index in [9.17, 15) is 10.1 Å². The maximum absolute atomic E-state index is 12.7. The number of anilines is 2. The first-order valence-electron chi connectivity index (χ1n) is 12.6. The van der Waals surface area contributed by atoms with Gasteiger partial charge < -0.3 is 15.1 Å². The zero-order valence-electron chi connectivity index (χ0n) is 21.7. The number of pyridine rings is 3. The molecule has 5 aromatic rings. The lowest BCUT2D eigenvalue weighted by atomic mass is 10.0. The Balaban J connectivity index is 1.19. The molecule has 1 N–H and O–H groups in total. The lowest BCUT2D eigenvalue weighted by Crippen LogP contribution is -2.50. The number of aromatic nitrogens is 6. The fourth-order valence-electron chi connectivity index (χ4n) is 4.81. The van der Waals surface area contributed by atoms with Crippen LogP contribution in [0.3, 0.4) is 0 Å². The highest BCUT2D eigenvalue weighted by Crippen LogP contribution is 2.32. The second-order valence-corrected chi connectivity index (χ2v) is 9.42. The van der Waals surface area contributed by atoms with Crippen molar-refractivity contribution < 1.29 is 4.79 Å². The first-order chi connectivity index (χ1) is 19.5. The average molecular weight is 529 g/mol. The minimum absolute atomic E-state index is 0.189. The number of rotatable bonds is 4. The van der Waals surface area contributed by atoms with Gasteiger partial charge >= 0.3 is 6.03 Å². The molecular weight excluding hydrogens is 504 g/mol.